The SMILES string of the molecule is CCCCn1c(-c2ccc(F)cc2)nc2cc(C=NOC)ccc21. The molecule has 3 rings (SSSR count). The average molecular weight is 325 g/mol. The molecule has 2 aromatic carbocycles. The number of benzene rings is 2. The topological polar surface area (TPSA) is 39.4 Å². The van der Waals surface area contributed by atoms with Crippen LogP contribution in [0.2, 0.25) is 0 Å². The summed E-state index contributed by atoms with van der Waals surface area (Å²) in [7, 11) is 1.52. The van der Waals surface area contributed by atoms with Crippen molar-refractivity contribution in [1.82, 2.24) is 9.55 Å². The zero-order valence-electron chi connectivity index (χ0n) is 13.9. The van der Waals surface area contributed by atoms with Crippen LogP contribution in [0.3, 0.4) is 0 Å². The number of fused-ring (bicyclic) bond motifs is 1. The van der Waals surface area contributed by atoms with Crippen molar-refractivity contribution in [2.45, 2.75) is 26.3 Å². The second kappa shape index (κ2) is 7.25. The predicted octanol–water partition coefficient (Wildman–Crippen LogP) is 4.62. The van der Waals surface area contributed by atoms with Crippen molar-refractivity contribution in [2.75, 3.05) is 7.11 Å². The maximum atomic E-state index is 13.2. The Morgan fingerprint density at radius 2 is 2.00 bits per heavy atom. The molecule has 0 radical (unpaired) electrons. The van der Waals surface area contributed by atoms with Crippen LogP contribution in [0, 0.1) is 5.82 Å². The number of rotatable bonds is 6. The van der Waals surface area contributed by atoms with Gasteiger partial charge in [0.25, 0.3) is 0 Å². The molecule has 0 amide bonds. The Labute approximate surface area is 140 Å². The normalized spacial score (nSPS) is 11.5. The Bertz CT molecular complexity index is 853. The standard InChI is InChI=1S/C19H20FN3O/c1-3-4-11-23-18-10-5-14(13-21-24-2)12-17(18)22-19(23)15-6-8-16(20)9-7-15/h5-10,12-13H,3-4,11H2,1-2H3. The van der Waals surface area contributed by atoms with E-state index in [9.17, 15) is 4.39 Å². The van der Waals surface area contributed by atoms with Gasteiger partial charge < -0.3 is 9.40 Å². The number of aromatic nitrogens is 2. The summed E-state index contributed by atoms with van der Waals surface area (Å²) in [5, 5.41) is 3.79. The first kappa shape index (κ1) is 16.2. The van der Waals surface area contributed by atoms with E-state index in [1.807, 2.05) is 18.2 Å². The Morgan fingerprint density at radius 1 is 1.21 bits per heavy atom. The molecule has 0 bridgehead atoms. The second-order valence-electron chi connectivity index (χ2n) is 5.61. The van der Waals surface area contributed by atoms with Crippen LogP contribution in [0.25, 0.3) is 22.4 Å². The van der Waals surface area contributed by atoms with Crippen LogP contribution in [0.1, 0.15) is 25.3 Å². The summed E-state index contributed by atoms with van der Waals surface area (Å²) >= 11 is 0. The summed E-state index contributed by atoms with van der Waals surface area (Å²) in [5.74, 6) is 0.618. The fourth-order valence-corrected chi connectivity index (χ4v) is 2.70. The molecular formula is C19H20FN3O. The molecule has 1 heterocycles. The Morgan fingerprint density at radius 3 is 2.71 bits per heavy atom. The lowest BCUT2D eigenvalue weighted by molar-refractivity contribution is 0.215. The number of nitrogens with zero attached hydrogens (tertiary/aromatic N) is 3. The molecule has 1 aromatic heterocycles. The highest BCUT2D eigenvalue weighted by atomic mass is 19.1. The summed E-state index contributed by atoms with van der Waals surface area (Å²) in [6.07, 6.45) is 3.82. The van der Waals surface area contributed by atoms with E-state index in [2.05, 4.69) is 16.6 Å². The van der Waals surface area contributed by atoms with Gasteiger partial charge in [0.15, 0.2) is 0 Å². The van der Waals surface area contributed by atoms with Crippen LogP contribution in [0.5, 0.6) is 0 Å². The van der Waals surface area contributed by atoms with Gasteiger partial charge >= 0.3 is 0 Å². The smallest absolute Gasteiger partial charge is 0.141 e. The molecule has 0 N–H and O–H groups in total. The molecule has 0 fully saturated rings. The molecule has 0 aliphatic heterocycles. The highest BCUT2D eigenvalue weighted by Crippen LogP contribution is 2.26. The van der Waals surface area contributed by atoms with Crippen molar-refractivity contribution < 1.29 is 9.23 Å². The van der Waals surface area contributed by atoms with Crippen LogP contribution in [-0.4, -0.2) is 22.9 Å². The third kappa shape index (κ3) is 3.30. The maximum absolute atomic E-state index is 13.2. The summed E-state index contributed by atoms with van der Waals surface area (Å²) in [6, 6.07) is 12.5. The molecule has 0 atom stereocenters. The molecule has 3 aromatic rings. The summed E-state index contributed by atoms with van der Waals surface area (Å²) in [6.45, 7) is 3.04. The van der Waals surface area contributed by atoms with E-state index in [1.54, 1.807) is 18.3 Å². The fraction of sp³-hybridized carbons (Fsp3) is 0.263. The largest absolute Gasteiger partial charge is 0.399 e. The Hall–Kier alpha value is -2.69. The minimum Gasteiger partial charge on any atom is -0.399 e. The predicted molar refractivity (Wildman–Crippen MR) is 94.6 cm³/mol. The van der Waals surface area contributed by atoms with Crippen LogP contribution in [-0.2, 0) is 11.4 Å². The van der Waals surface area contributed by atoms with E-state index in [1.165, 1.54) is 19.2 Å². The number of unbranched alkanes of at least 4 members (excludes halogenated alkanes) is 1. The fourth-order valence-electron chi connectivity index (χ4n) is 2.70. The van der Waals surface area contributed by atoms with E-state index in [-0.39, 0.29) is 5.82 Å². The first-order valence-corrected chi connectivity index (χ1v) is 8.05. The van der Waals surface area contributed by atoms with Gasteiger partial charge in [0.05, 0.1) is 17.2 Å². The van der Waals surface area contributed by atoms with Gasteiger partial charge in [-0.3, -0.25) is 0 Å². The van der Waals surface area contributed by atoms with Gasteiger partial charge in [-0.15, -0.1) is 0 Å². The van der Waals surface area contributed by atoms with E-state index in [4.69, 9.17) is 9.82 Å². The van der Waals surface area contributed by atoms with Crippen LogP contribution in [0.15, 0.2) is 47.6 Å². The number of imidazole rings is 1. The van der Waals surface area contributed by atoms with Gasteiger partial charge in [-0.2, -0.15) is 0 Å². The minimum atomic E-state index is -0.243. The second-order valence-corrected chi connectivity index (χ2v) is 5.61. The van der Waals surface area contributed by atoms with E-state index in [0.29, 0.717) is 0 Å². The van der Waals surface area contributed by atoms with E-state index >= 15 is 0 Å². The number of hydrogen-bond acceptors (Lipinski definition) is 3. The Balaban J connectivity index is 2.11. The molecule has 5 heteroatoms. The molecule has 0 saturated carbocycles. The molecule has 0 spiro atoms. The first-order chi connectivity index (χ1) is 11.7. The molecule has 24 heavy (non-hydrogen) atoms. The number of oxime groups is 1. The molecule has 0 saturated heterocycles. The minimum absolute atomic E-state index is 0.243. The van der Waals surface area contributed by atoms with Crippen LogP contribution >= 0.6 is 0 Å². The van der Waals surface area contributed by atoms with Crippen molar-refractivity contribution in [1.29, 1.82) is 0 Å². The summed E-state index contributed by atoms with van der Waals surface area (Å²) < 4.78 is 15.4. The zero-order chi connectivity index (χ0) is 16.9. The quantitative estimate of drug-likeness (QED) is 0.490. The molecule has 0 aliphatic rings. The highest BCUT2D eigenvalue weighted by Gasteiger charge is 2.12. The van der Waals surface area contributed by atoms with E-state index < -0.39 is 0 Å². The first-order valence-electron chi connectivity index (χ1n) is 8.05. The van der Waals surface area contributed by atoms with Gasteiger partial charge in [0.2, 0.25) is 0 Å². The lowest BCUT2D eigenvalue weighted by Crippen LogP contribution is -2.00. The van der Waals surface area contributed by atoms with Gasteiger partial charge in [-0.25, -0.2) is 9.37 Å². The van der Waals surface area contributed by atoms with Crippen molar-refractivity contribution in [3.05, 3.63) is 53.8 Å². The van der Waals surface area contributed by atoms with Crippen molar-refractivity contribution in [3.63, 3.8) is 0 Å². The molecule has 0 aliphatic carbocycles. The number of aryl methyl sites for hydroxylation is 1. The van der Waals surface area contributed by atoms with Gasteiger partial charge in [0.1, 0.15) is 18.8 Å². The van der Waals surface area contributed by atoms with Crippen LogP contribution in [0.4, 0.5) is 4.39 Å². The van der Waals surface area contributed by atoms with Gasteiger partial charge in [-0.05, 0) is 48.4 Å². The highest BCUT2D eigenvalue weighted by molar-refractivity contribution is 5.88. The van der Waals surface area contributed by atoms with Gasteiger partial charge in [0, 0.05) is 12.1 Å². The van der Waals surface area contributed by atoms with Crippen molar-refractivity contribution in [3.8, 4) is 11.4 Å². The van der Waals surface area contributed by atoms with Gasteiger partial charge in [-0.1, -0.05) is 24.6 Å². The third-order valence-corrected chi connectivity index (χ3v) is 3.92. The third-order valence-electron chi connectivity index (χ3n) is 3.92. The Kier molecular flexibility index (Phi) is 4.89. The molecule has 0 unspecified atom stereocenters. The monoisotopic (exact) mass is 325 g/mol. The number of hydrogen-bond donors (Lipinski definition) is 0. The maximum Gasteiger partial charge on any atom is 0.141 e. The molecule has 124 valence electrons. The van der Waals surface area contributed by atoms with Crippen molar-refractivity contribution >= 4 is 17.2 Å². The average Bonchev–Trinajstić information content (AvgIpc) is 2.96. The zero-order valence-corrected chi connectivity index (χ0v) is 13.9. The number of halogens is 1. The van der Waals surface area contributed by atoms with Crippen molar-refractivity contribution in [2.24, 2.45) is 5.16 Å². The summed E-state index contributed by atoms with van der Waals surface area (Å²) in [4.78, 5) is 9.50. The molecule has 4 nitrogen and oxygen atoms in total. The van der Waals surface area contributed by atoms with E-state index in [0.717, 1.165) is 47.4 Å². The summed E-state index contributed by atoms with van der Waals surface area (Å²) in [5.41, 5.74) is 3.80. The van der Waals surface area contributed by atoms with Crippen LogP contribution < -0.4 is 0 Å². The molecular weight excluding hydrogens is 305 g/mol. The lowest BCUT2D eigenvalue weighted by atomic mass is 10.2. The lowest BCUT2D eigenvalue weighted by Gasteiger charge is -2.08.